The van der Waals surface area contributed by atoms with Crippen LogP contribution >= 0.6 is 0 Å². The van der Waals surface area contributed by atoms with Crippen molar-refractivity contribution in [2.75, 3.05) is 14.2 Å². The number of ether oxygens (including phenoxy) is 2. The van der Waals surface area contributed by atoms with Gasteiger partial charge < -0.3 is 9.47 Å². The van der Waals surface area contributed by atoms with Crippen LogP contribution in [0.1, 0.15) is 33.1 Å². The second-order valence-corrected chi connectivity index (χ2v) is 3.88. The van der Waals surface area contributed by atoms with Gasteiger partial charge in [-0.25, -0.2) is 0 Å². The molecule has 0 aromatic heterocycles. The molecule has 0 fully saturated rings. The van der Waals surface area contributed by atoms with E-state index in [1.54, 1.807) is 0 Å². The molecule has 0 spiro atoms. The van der Waals surface area contributed by atoms with E-state index in [9.17, 15) is 9.59 Å². The zero-order valence-corrected chi connectivity index (χ0v) is 9.91. The van der Waals surface area contributed by atoms with E-state index in [4.69, 9.17) is 0 Å². The van der Waals surface area contributed by atoms with Crippen molar-refractivity contribution in [1.82, 2.24) is 0 Å². The lowest BCUT2D eigenvalue weighted by Crippen LogP contribution is -2.16. The van der Waals surface area contributed by atoms with Crippen LogP contribution < -0.4 is 0 Å². The fourth-order valence-corrected chi connectivity index (χ4v) is 1.49. The van der Waals surface area contributed by atoms with Gasteiger partial charge in [0.05, 0.1) is 20.1 Å². The van der Waals surface area contributed by atoms with Crippen LogP contribution in [-0.2, 0) is 19.1 Å². The molecule has 0 unspecified atom stereocenters. The van der Waals surface area contributed by atoms with E-state index in [-0.39, 0.29) is 17.9 Å². The van der Waals surface area contributed by atoms with Crippen molar-refractivity contribution >= 4 is 11.9 Å². The Bertz CT molecular complexity index is 213. The lowest BCUT2D eigenvalue weighted by Gasteiger charge is -2.14. The highest BCUT2D eigenvalue weighted by molar-refractivity contribution is 5.71. The molecule has 0 heterocycles. The Morgan fingerprint density at radius 3 is 2.20 bits per heavy atom. The molecule has 4 nitrogen and oxygen atoms in total. The van der Waals surface area contributed by atoms with Crippen molar-refractivity contribution in [3.8, 4) is 0 Å². The highest BCUT2D eigenvalue weighted by Crippen LogP contribution is 2.17. The lowest BCUT2D eigenvalue weighted by molar-refractivity contribution is -0.145. The largest absolute Gasteiger partial charge is 0.469 e. The zero-order valence-electron chi connectivity index (χ0n) is 9.91. The Morgan fingerprint density at radius 1 is 1.13 bits per heavy atom. The van der Waals surface area contributed by atoms with Crippen LogP contribution in [0.4, 0.5) is 0 Å². The molecule has 0 saturated heterocycles. The van der Waals surface area contributed by atoms with E-state index >= 15 is 0 Å². The normalized spacial score (nSPS) is 14.1. The number of carbonyl (C=O) groups is 2. The molecule has 0 bridgehead atoms. The predicted molar refractivity (Wildman–Crippen MR) is 56.2 cm³/mol. The molecular weight excluding hydrogens is 196 g/mol. The first-order valence-electron chi connectivity index (χ1n) is 5.15. The van der Waals surface area contributed by atoms with Crippen LogP contribution in [0, 0.1) is 11.8 Å². The highest BCUT2D eigenvalue weighted by atomic mass is 16.5. The fraction of sp³-hybridized carbons (Fsp3) is 0.818. The van der Waals surface area contributed by atoms with Gasteiger partial charge in [-0.15, -0.1) is 0 Å². The first kappa shape index (κ1) is 13.9. The molecule has 0 N–H and O–H groups in total. The van der Waals surface area contributed by atoms with Crippen molar-refractivity contribution in [3.05, 3.63) is 0 Å². The quantitative estimate of drug-likeness (QED) is 0.635. The Hall–Kier alpha value is -1.06. The topological polar surface area (TPSA) is 52.6 Å². The van der Waals surface area contributed by atoms with Gasteiger partial charge in [0, 0.05) is 6.42 Å². The van der Waals surface area contributed by atoms with Gasteiger partial charge in [0.15, 0.2) is 0 Å². The van der Waals surface area contributed by atoms with Crippen LogP contribution in [-0.4, -0.2) is 26.2 Å². The second-order valence-electron chi connectivity index (χ2n) is 3.88. The summed E-state index contributed by atoms with van der Waals surface area (Å²) in [6.45, 7) is 3.85. The molecule has 15 heavy (non-hydrogen) atoms. The minimum atomic E-state index is -0.201. The van der Waals surface area contributed by atoms with Gasteiger partial charge in [0.2, 0.25) is 0 Å². The maximum atomic E-state index is 11.1. The number of hydrogen-bond acceptors (Lipinski definition) is 4. The van der Waals surface area contributed by atoms with Gasteiger partial charge in [-0.3, -0.25) is 9.59 Å². The smallest absolute Gasteiger partial charge is 0.308 e. The van der Waals surface area contributed by atoms with E-state index in [1.807, 2.05) is 13.8 Å². The minimum absolute atomic E-state index is 0.109. The SMILES string of the molecule is COC(=O)CC[C@H](C)C[C@H](C)C(=O)OC. The first-order chi connectivity index (χ1) is 7.01. The molecular formula is C11H20O4. The van der Waals surface area contributed by atoms with E-state index in [0.717, 1.165) is 12.8 Å². The maximum Gasteiger partial charge on any atom is 0.308 e. The molecule has 0 aromatic carbocycles. The molecule has 88 valence electrons. The van der Waals surface area contributed by atoms with Gasteiger partial charge in [0.25, 0.3) is 0 Å². The van der Waals surface area contributed by atoms with Crippen LogP contribution in [0.5, 0.6) is 0 Å². The van der Waals surface area contributed by atoms with Crippen LogP contribution in [0.15, 0.2) is 0 Å². The second kappa shape index (κ2) is 7.26. The average molecular weight is 216 g/mol. The minimum Gasteiger partial charge on any atom is -0.469 e. The summed E-state index contributed by atoms with van der Waals surface area (Å²) in [4.78, 5) is 22.0. The zero-order chi connectivity index (χ0) is 11.8. The number of hydrogen-bond donors (Lipinski definition) is 0. The lowest BCUT2D eigenvalue weighted by atomic mass is 9.94. The molecule has 0 aliphatic rings. The Labute approximate surface area is 90.9 Å². The van der Waals surface area contributed by atoms with E-state index in [2.05, 4.69) is 9.47 Å². The summed E-state index contributed by atoms with van der Waals surface area (Å²) in [5, 5.41) is 0. The van der Waals surface area contributed by atoms with Gasteiger partial charge in [0.1, 0.15) is 0 Å². The summed E-state index contributed by atoms with van der Waals surface area (Å²) < 4.78 is 9.17. The Kier molecular flexibility index (Phi) is 6.75. The van der Waals surface area contributed by atoms with Gasteiger partial charge >= 0.3 is 11.9 Å². The first-order valence-corrected chi connectivity index (χ1v) is 5.15. The number of carbonyl (C=O) groups excluding carboxylic acids is 2. The molecule has 2 atom stereocenters. The maximum absolute atomic E-state index is 11.1. The van der Waals surface area contributed by atoms with Gasteiger partial charge in [-0.1, -0.05) is 13.8 Å². The van der Waals surface area contributed by atoms with Crippen LogP contribution in [0.25, 0.3) is 0 Å². The molecule has 0 aliphatic carbocycles. The summed E-state index contributed by atoms with van der Waals surface area (Å²) in [6, 6.07) is 0. The summed E-state index contributed by atoms with van der Waals surface area (Å²) in [7, 11) is 2.77. The monoisotopic (exact) mass is 216 g/mol. The molecule has 0 saturated carbocycles. The molecule has 0 radical (unpaired) electrons. The van der Waals surface area contributed by atoms with E-state index in [0.29, 0.717) is 12.3 Å². The van der Waals surface area contributed by atoms with Crippen molar-refractivity contribution in [3.63, 3.8) is 0 Å². The number of esters is 2. The van der Waals surface area contributed by atoms with Crippen molar-refractivity contribution in [2.24, 2.45) is 11.8 Å². The third kappa shape index (κ3) is 6.10. The highest BCUT2D eigenvalue weighted by Gasteiger charge is 2.17. The predicted octanol–water partition coefficient (Wildman–Crippen LogP) is 1.77. The third-order valence-corrected chi connectivity index (χ3v) is 2.43. The fourth-order valence-electron chi connectivity index (χ4n) is 1.49. The van der Waals surface area contributed by atoms with E-state index in [1.165, 1.54) is 14.2 Å². The van der Waals surface area contributed by atoms with Crippen molar-refractivity contribution in [1.29, 1.82) is 0 Å². The van der Waals surface area contributed by atoms with Gasteiger partial charge in [-0.2, -0.15) is 0 Å². The summed E-state index contributed by atoms with van der Waals surface area (Å²) in [5.74, 6) is -0.187. The van der Waals surface area contributed by atoms with E-state index < -0.39 is 0 Å². The molecule has 0 amide bonds. The molecule has 0 rings (SSSR count). The standard InChI is InChI=1S/C11H20O4/c1-8(5-6-10(12)14-3)7-9(2)11(13)15-4/h8-9H,5-7H2,1-4H3/t8-,9-/m0/s1. The summed E-state index contributed by atoms with van der Waals surface area (Å²) >= 11 is 0. The molecule has 4 heteroatoms. The molecule has 0 aliphatic heterocycles. The number of methoxy groups -OCH3 is 2. The summed E-state index contributed by atoms with van der Waals surface area (Å²) in [6.07, 6.45) is 1.89. The number of rotatable bonds is 6. The summed E-state index contributed by atoms with van der Waals surface area (Å²) in [5.41, 5.74) is 0. The Balaban J connectivity index is 3.78. The average Bonchev–Trinajstić information content (AvgIpc) is 2.24. The van der Waals surface area contributed by atoms with Crippen LogP contribution in [0.3, 0.4) is 0 Å². The van der Waals surface area contributed by atoms with Crippen molar-refractivity contribution < 1.29 is 19.1 Å². The van der Waals surface area contributed by atoms with Crippen LogP contribution in [0.2, 0.25) is 0 Å². The van der Waals surface area contributed by atoms with Crippen molar-refractivity contribution in [2.45, 2.75) is 33.1 Å². The Morgan fingerprint density at radius 2 is 1.73 bits per heavy atom. The third-order valence-electron chi connectivity index (χ3n) is 2.43. The molecule has 0 aromatic rings. The van der Waals surface area contributed by atoms with Gasteiger partial charge in [-0.05, 0) is 18.8 Å².